The summed E-state index contributed by atoms with van der Waals surface area (Å²) in [5.41, 5.74) is 0.147. The van der Waals surface area contributed by atoms with Crippen molar-refractivity contribution in [2.75, 3.05) is 26.4 Å². The predicted octanol–water partition coefficient (Wildman–Crippen LogP) is 0.318. The highest BCUT2D eigenvalue weighted by molar-refractivity contribution is 5.80. The number of nitrogens with one attached hydrogen (secondary N) is 1. The minimum Gasteiger partial charge on any atom is -0.380 e. The van der Waals surface area contributed by atoms with Crippen LogP contribution in [0, 0.1) is 5.41 Å². The summed E-state index contributed by atoms with van der Waals surface area (Å²) < 4.78 is 10.4. The van der Waals surface area contributed by atoms with Crippen LogP contribution in [0.2, 0.25) is 0 Å². The SMILES string of the molecule is CC1(CNC(=O)[C@H]2CCCO2)COC1. The molecule has 0 unspecified atom stereocenters. The summed E-state index contributed by atoms with van der Waals surface area (Å²) in [6.07, 6.45) is 1.65. The Morgan fingerprint density at radius 3 is 2.86 bits per heavy atom. The molecule has 2 aliphatic rings. The molecule has 1 atom stereocenters. The molecule has 80 valence electrons. The first-order valence-electron chi connectivity index (χ1n) is 5.17. The number of amides is 1. The number of rotatable bonds is 3. The fourth-order valence-corrected chi connectivity index (χ4v) is 1.75. The number of hydrogen-bond donors (Lipinski definition) is 1. The quantitative estimate of drug-likeness (QED) is 0.712. The molecule has 1 amide bonds. The normalized spacial score (nSPS) is 29.6. The molecule has 2 aliphatic heterocycles. The molecule has 0 aromatic heterocycles. The Kier molecular flexibility index (Phi) is 2.74. The Balaban J connectivity index is 1.71. The van der Waals surface area contributed by atoms with Crippen molar-refractivity contribution in [1.82, 2.24) is 5.32 Å². The molecule has 0 aromatic rings. The van der Waals surface area contributed by atoms with E-state index in [0.717, 1.165) is 32.7 Å². The van der Waals surface area contributed by atoms with Crippen LogP contribution in [0.1, 0.15) is 19.8 Å². The second-order valence-electron chi connectivity index (χ2n) is 4.52. The molecular weight excluding hydrogens is 182 g/mol. The Labute approximate surface area is 84.0 Å². The summed E-state index contributed by atoms with van der Waals surface area (Å²) in [6, 6.07) is 0. The fourth-order valence-electron chi connectivity index (χ4n) is 1.75. The minimum absolute atomic E-state index is 0.0376. The van der Waals surface area contributed by atoms with Crippen molar-refractivity contribution >= 4 is 5.91 Å². The van der Waals surface area contributed by atoms with Gasteiger partial charge in [-0.15, -0.1) is 0 Å². The van der Waals surface area contributed by atoms with E-state index in [1.165, 1.54) is 0 Å². The van der Waals surface area contributed by atoms with Crippen LogP contribution in [0.15, 0.2) is 0 Å². The third-order valence-electron chi connectivity index (χ3n) is 2.81. The first kappa shape index (κ1) is 9.93. The zero-order valence-corrected chi connectivity index (χ0v) is 8.54. The van der Waals surface area contributed by atoms with Crippen LogP contribution in [0.25, 0.3) is 0 Å². The lowest BCUT2D eigenvalue weighted by Gasteiger charge is -2.38. The molecule has 2 saturated heterocycles. The number of carbonyl (C=O) groups is 1. The van der Waals surface area contributed by atoms with Crippen molar-refractivity contribution in [1.29, 1.82) is 0 Å². The van der Waals surface area contributed by atoms with Crippen LogP contribution in [-0.4, -0.2) is 38.4 Å². The number of carbonyl (C=O) groups excluding carboxylic acids is 1. The van der Waals surface area contributed by atoms with E-state index in [9.17, 15) is 4.79 Å². The summed E-state index contributed by atoms with van der Waals surface area (Å²) in [4.78, 5) is 11.6. The molecule has 2 fully saturated rings. The Bertz CT molecular complexity index is 219. The molecule has 4 nitrogen and oxygen atoms in total. The van der Waals surface area contributed by atoms with Crippen LogP contribution in [0.3, 0.4) is 0 Å². The van der Waals surface area contributed by atoms with Crippen LogP contribution in [0.4, 0.5) is 0 Å². The maximum Gasteiger partial charge on any atom is 0.249 e. The van der Waals surface area contributed by atoms with Gasteiger partial charge in [0.1, 0.15) is 6.10 Å². The van der Waals surface area contributed by atoms with E-state index in [4.69, 9.17) is 9.47 Å². The summed E-state index contributed by atoms with van der Waals surface area (Å²) in [5, 5.41) is 2.92. The van der Waals surface area contributed by atoms with Crippen molar-refractivity contribution < 1.29 is 14.3 Å². The van der Waals surface area contributed by atoms with Gasteiger partial charge < -0.3 is 14.8 Å². The summed E-state index contributed by atoms with van der Waals surface area (Å²) in [5.74, 6) is 0.0376. The summed E-state index contributed by atoms with van der Waals surface area (Å²) in [7, 11) is 0. The van der Waals surface area contributed by atoms with E-state index in [1.54, 1.807) is 0 Å². The monoisotopic (exact) mass is 199 g/mol. The van der Waals surface area contributed by atoms with Gasteiger partial charge in [0, 0.05) is 18.6 Å². The predicted molar refractivity (Wildman–Crippen MR) is 50.9 cm³/mol. The maximum absolute atomic E-state index is 11.6. The number of hydrogen-bond acceptors (Lipinski definition) is 3. The lowest BCUT2D eigenvalue weighted by atomic mass is 9.89. The largest absolute Gasteiger partial charge is 0.380 e. The third-order valence-corrected chi connectivity index (χ3v) is 2.81. The van der Waals surface area contributed by atoms with Crippen molar-refractivity contribution in [2.24, 2.45) is 5.41 Å². The molecule has 0 aliphatic carbocycles. The lowest BCUT2D eigenvalue weighted by Crippen LogP contribution is -2.50. The van der Waals surface area contributed by atoms with Gasteiger partial charge in [-0.2, -0.15) is 0 Å². The van der Waals surface area contributed by atoms with Gasteiger partial charge in [-0.05, 0) is 12.8 Å². The van der Waals surface area contributed by atoms with Crippen molar-refractivity contribution in [3.8, 4) is 0 Å². The molecule has 0 aromatic carbocycles. The Morgan fingerprint density at radius 1 is 1.57 bits per heavy atom. The van der Waals surface area contributed by atoms with Crippen molar-refractivity contribution in [3.05, 3.63) is 0 Å². The average molecular weight is 199 g/mol. The zero-order valence-electron chi connectivity index (χ0n) is 8.54. The zero-order chi connectivity index (χ0) is 10.0. The third kappa shape index (κ3) is 2.07. The topological polar surface area (TPSA) is 47.6 Å². The van der Waals surface area contributed by atoms with Crippen LogP contribution in [-0.2, 0) is 14.3 Å². The van der Waals surface area contributed by atoms with Gasteiger partial charge in [0.05, 0.1) is 13.2 Å². The fraction of sp³-hybridized carbons (Fsp3) is 0.900. The Morgan fingerprint density at radius 2 is 2.36 bits per heavy atom. The molecule has 0 radical (unpaired) electrons. The second kappa shape index (κ2) is 3.87. The van der Waals surface area contributed by atoms with E-state index in [2.05, 4.69) is 12.2 Å². The summed E-state index contributed by atoms with van der Waals surface area (Å²) in [6.45, 7) is 5.04. The van der Waals surface area contributed by atoms with Gasteiger partial charge in [0.2, 0.25) is 5.91 Å². The van der Waals surface area contributed by atoms with E-state index in [0.29, 0.717) is 6.54 Å². The average Bonchev–Trinajstić information content (AvgIpc) is 2.63. The Hall–Kier alpha value is -0.610. The van der Waals surface area contributed by atoms with Gasteiger partial charge in [-0.25, -0.2) is 0 Å². The summed E-state index contributed by atoms with van der Waals surface area (Å²) >= 11 is 0. The van der Waals surface area contributed by atoms with E-state index in [-0.39, 0.29) is 17.4 Å². The number of ether oxygens (including phenoxy) is 2. The first-order valence-corrected chi connectivity index (χ1v) is 5.17. The lowest BCUT2D eigenvalue weighted by molar-refractivity contribution is -0.134. The van der Waals surface area contributed by atoms with E-state index < -0.39 is 0 Å². The van der Waals surface area contributed by atoms with E-state index >= 15 is 0 Å². The highest BCUT2D eigenvalue weighted by atomic mass is 16.5. The van der Waals surface area contributed by atoms with Crippen LogP contribution >= 0.6 is 0 Å². The van der Waals surface area contributed by atoms with Gasteiger partial charge in [0.15, 0.2) is 0 Å². The molecule has 2 heterocycles. The van der Waals surface area contributed by atoms with Crippen molar-refractivity contribution in [2.45, 2.75) is 25.9 Å². The van der Waals surface area contributed by atoms with Gasteiger partial charge in [-0.1, -0.05) is 6.92 Å². The second-order valence-corrected chi connectivity index (χ2v) is 4.52. The molecule has 14 heavy (non-hydrogen) atoms. The van der Waals surface area contributed by atoms with Crippen LogP contribution < -0.4 is 5.32 Å². The minimum atomic E-state index is -0.209. The molecule has 4 heteroatoms. The van der Waals surface area contributed by atoms with Crippen molar-refractivity contribution in [3.63, 3.8) is 0 Å². The molecule has 0 spiro atoms. The van der Waals surface area contributed by atoms with Gasteiger partial charge in [0.25, 0.3) is 0 Å². The smallest absolute Gasteiger partial charge is 0.249 e. The molecule has 0 saturated carbocycles. The van der Waals surface area contributed by atoms with E-state index in [1.807, 2.05) is 0 Å². The highest BCUT2D eigenvalue weighted by Crippen LogP contribution is 2.25. The van der Waals surface area contributed by atoms with Gasteiger partial charge in [-0.3, -0.25) is 4.79 Å². The maximum atomic E-state index is 11.6. The molecule has 2 rings (SSSR count). The van der Waals surface area contributed by atoms with Gasteiger partial charge >= 0.3 is 0 Å². The van der Waals surface area contributed by atoms with Crippen LogP contribution in [0.5, 0.6) is 0 Å². The molecule has 0 bridgehead atoms. The first-order chi connectivity index (χ1) is 6.70. The standard InChI is InChI=1S/C10H17NO3/c1-10(6-13-7-10)5-11-9(12)8-3-2-4-14-8/h8H,2-7H2,1H3,(H,11,12)/t8-/m1/s1. The highest BCUT2D eigenvalue weighted by Gasteiger charge is 2.34. The molecular formula is C10H17NO3. The molecule has 1 N–H and O–H groups in total.